The topological polar surface area (TPSA) is 64.0 Å². The van der Waals surface area contributed by atoms with Gasteiger partial charge in [0.05, 0.1) is 5.39 Å². The number of benzene rings is 2. The zero-order valence-corrected chi connectivity index (χ0v) is 15.3. The standard InChI is InChI=1S/C20H20ClN3O2/c1-2-3-12-24-20(26)17-7-5-4-6-16(17)18(23-24)19(25)22-13-14-8-10-15(21)11-9-14/h4-11H,2-3,12-13H2,1H3,(H,22,25). The maximum Gasteiger partial charge on any atom is 0.274 e. The molecule has 0 saturated heterocycles. The van der Waals surface area contributed by atoms with Crippen LogP contribution in [0.4, 0.5) is 0 Å². The van der Waals surface area contributed by atoms with Crippen LogP contribution < -0.4 is 10.9 Å². The molecule has 134 valence electrons. The van der Waals surface area contributed by atoms with Gasteiger partial charge in [0.1, 0.15) is 0 Å². The second-order valence-electron chi connectivity index (χ2n) is 6.09. The summed E-state index contributed by atoms with van der Waals surface area (Å²) in [5.41, 5.74) is 1.04. The summed E-state index contributed by atoms with van der Waals surface area (Å²) in [7, 11) is 0. The Hall–Kier alpha value is -2.66. The van der Waals surface area contributed by atoms with Crippen LogP contribution in [-0.4, -0.2) is 15.7 Å². The molecule has 0 radical (unpaired) electrons. The van der Waals surface area contributed by atoms with Crippen molar-refractivity contribution in [2.75, 3.05) is 0 Å². The van der Waals surface area contributed by atoms with E-state index in [2.05, 4.69) is 10.4 Å². The summed E-state index contributed by atoms with van der Waals surface area (Å²) in [6, 6.07) is 14.4. The zero-order valence-electron chi connectivity index (χ0n) is 14.5. The Morgan fingerprint density at radius 1 is 1.12 bits per heavy atom. The van der Waals surface area contributed by atoms with Crippen LogP contribution >= 0.6 is 11.6 Å². The van der Waals surface area contributed by atoms with E-state index >= 15 is 0 Å². The number of unbranched alkanes of at least 4 members (excludes halogenated alkanes) is 1. The molecule has 0 aliphatic heterocycles. The normalized spacial score (nSPS) is 10.8. The fourth-order valence-corrected chi connectivity index (χ4v) is 2.86. The molecule has 0 atom stereocenters. The number of carbonyl (C=O) groups excluding carboxylic acids is 1. The average molecular weight is 370 g/mol. The van der Waals surface area contributed by atoms with Gasteiger partial charge in [0, 0.05) is 23.5 Å². The minimum absolute atomic E-state index is 0.164. The van der Waals surface area contributed by atoms with Crippen molar-refractivity contribution < 1.29 is 4.79 Å². The van der Waals surface area contributed by atoms with E-state index in [1.807, 2.05) is 19.1 Å². The Morgan fingerprint density at radius 2 is 1.81 bits per heavy atom. The van der Waals surface area contributed by atoms with Gasteiger partial charge in [0.15, 0.2) is 5.69 Å². The molecule has 1 amide bonds. The van der Waals surface area contributed by atoms with E-state index in [1.54, 1.807) is 36.4 Å². The van der Waals surface area contributed by atoms with E-state index in [0.29, 0.717) is 28.9 Å². The SMILES string of the molecule is CCCCn1nc(C(=O)NCc2ccc(Cl)cc2)c2ccccc2c1=O. The molecule has 3 aromatic rings. The summed E-state index contributed by atoms with van der Waals surface area (Å²) in [6.07, 6.45) is 1.77. The minimum atomic E-state index is -0.304. The summed E-state index contributed by atoms with van der Waals surface area (Å²) in [4.78, 5) is 25.3. The maximum absolute atomic E-state index is 12.7. The first-order valence-electron chi connectivity index (χ1n) is 8.62. The van der Waals surface area contributed by atoms with Gasteiger partial charge >= 0.3 is 0 Å². The molecular formula is C20H20ClN3O2. The Bertz CT molecular complexity index is 981. The van der Waals surface area contributed by atoms with Crippen LogP contribution in [0.3, 0.4) is 0 Å². The molecule has 0 aliphatic rings. The lowest BCUT2D eigenvalue weighted by Crippen LogP contribution is -2.30. The van der Waals surface area contributed by atoms with Gasteiger partial charge in [0.2, 0.25) is 0 Å². The predicted molar refractivity (Wildman–Crippen MR) is 104 cm³/mol. The second kappa shape index (κ2) is 8.15. The number of hydrogen-bond acceptors (Lipinski definition) is 3. The van der Waals surface area contributed by atoms with Gasteiger partial charge in [-0.05, 0) is 30.2 Å². The number of amides is 1. The van der Waals surface area contributed by atoms with Crippen LogP contribution in [-0.2, 0) is 13.1 Å². The van der Waals surface area contributed by atoms with Gasteiger partial charge in [-0.25, -0.2) is 4.68 Å². The van der Waals surface area contributed by atoms with Gasteiger partial charge in [-0.2, -0.15) is 5.10 Å². The number of aryl methyl sites for hydroxylation is 1. The molecule has 5 nitrogen and oxygen atoms in total. The molecule has 0 spiro atoms. The fourth-order valence-electron chi connectivity index (χ4n) is 2.73. The van der Waals surface area contributed by atoms with Crippen LogP contribution in [0.5, 0.6) is 0 Å². The van der Waals surface area contributed by atoms with E-state index in [-0.39, 0.29) is 17.2 Å². The molecule has 0 saturated carbocycles. The molecule has 0 fully saturated rings. The predicted octanol–water partition coefficient (Wildman–Crippen LogP) is 3.78. The van der Waals surface area contributed by atoms with Crippen LogP contribution in [0.2, 0.25) is 5.02 Å². The van der Waals surface area contributed by atoms with Crippen molar-refractivity contribution in [2.24, 2.45) is 0 Å². The summed E-state index contributed by atoms with van der Waals surface area (Å²) < 4.78 is 1.39. The second-order valence-corrected chi connectivity index (χ2v) is 6.52. The first-order valence-corrected chi connectivity index (χ1v) is 9.00. The molecule has 1 heterocycles. The maximum atomic E-state index is 12.7. The highest BCUT2D eigenvalue weighted by atomic mass is 35.5. The number of hydrogen-bond donors (Lipinski definition) is 1. The van der Waals surface area contributed by atoms with Crippen molar-refractivity contribution in [3.05, 3.63) is 75.2 Å². The molecule has 0 bridgehead atoms. The summed E-state index contributed by atoms with van der Waals surface area (Å²) in [5, 5.41) is 8.93. The number of aromatic nitrogens is 2. The number of rotatable bonds is 6. The highest BCUT2D eigenvalue weighted by Gasteiger charge is 2.16. The largest absolute Gasteiger partial charge is 0.347 e. The molecule has 6 heteroatoms. The highest BCUT2D eigenvalue weighted by molar-refractivity contribution is 6.30. The van der Waals surface area contributed by atoms with Crippen molar-refractivity contribution in [1.82, 2.24) is 15.1 Å². The molecule has 1 N–H and O–H groups in total. The van der Waals surface area contributed by atoms with Crippen LogP contribution in [0.15, 0.2) is 53.3 Å². The lowest BCUT2D eigenvalue weighted by molar-refractivity contribution is 0.0945. The molecule has 26 heavy (non-hydrogen) atoms. The van der Waals surface area contributed by atoms with Crippen molar-refractivity contribution in [1.29, 1.82) is 0 Å². The fraction of sp³-hybridized carbons (Fsp3) is 0.250. The molecular weight excluding hydrogens is 350 g/mol. The van der Waals surface area contributed by atoms with E-state index in [0.717, 1.165) is 18.4 Å². The Morgan fingerprint density at radius 3 is 2.50 bits per heavy atom. The van der Waals surface area contributed by atoms with E-state index in [1.165, 1.54) is 4.68 Å². The van der Waals surface area contributed by atoms with Crippen molar-refractivity contribution >= 4 is 28.3 Å². The smallest absolute Gasteiger partial charge is 0.274 e. The van der Waals surface area contributed by atoms with Crippen molar-refractivity contribution in [3.8, 4) is 0 Å². The third-order valence-electron chi connectivity index (χ3n) is 4.17. The van der Waals surface area contributed by atoms with Gasteiger partial charge in [-0.3, -0.25) is 9.59 Å². The van der Waals surface area contributed by atoms with E-state index in [9.17, 15) is 9.59 Å². The van der Waals surface area contributed by atoms with Gasteiger partial charge < -0.3 is 5.32 Å². The van der Waals surface area contributed by atoms with Crippen LogP contribution in [0.1, 0.15) is 35.8 Å². The molecule has 3 rings (SSSR count). The van der Waals surface area contributed by atoms with Crippen LogP contribution in [0, 0.1) is 0 Å². The summed E-state index contributed by atoms with van der Waals surface area (Å²) in [5.74, 6) is -0.304. The van der Waals surface area contributed by atoms with Crippen molar-refractivity contribution in [3.63, 3.8) is 0 Å². The van der Waals surface area contributed by atoms with Gasteiger partial charge in [0.25, 0.3) is 11.5 Å². The first kappa shape index (κ1) is 18.1. The number of carbonyl (C=O) groups is 1. The molecule has 2 aromatic carbocycles. The number of halogens is 1. The summed E-state index contributed by atoms with van der Waals surface area (Å²) in [6.45, 7) is 2.91. The Labute approximate surface area is 156 Å². The van der Waals surface area contributed by atoms with E-state index in [4.69, 9.17) is 11.6 Å². The first-order chi connectivity index (χ1) is 12.6. The minimum Gasteiger partial charge on any atom is -0.347 e. The monoisotopic (exact) mass is 369 g/mol. The molecule has 0 aliphatic carbocycles. The van der Waals surface area contributed by atoms with Gasteiger partial charge in [-0.15, -0.1) is 0 Å². The lowest BCUT2D eigenvalue weighted by Gasteiger charge is -2.11. The number of nitrogens with zero attached hydrogens (tertiary/aromatic N) is 2. The number of fused-ring (bicyclic) bond motifs is 1. The third-order valence-corrected chi connectivity index (χ3v) is 4.42. The third kappa shape index (κ3) is 3.94. The van der Waals surface area contributed by atoms with Gasteiger partial charge in [-0.1, -0.05) is 55.3 Å². The Kier molecular flexibility index (Phi) is 5.68. The molecule has 1 aromatic heterocycles. The zero-order chi connectivity index (χ0) is 18.5. The van der Waals surface area contributed by atoms with E-state index < -0.39 is 0 Å². The highest BCUT2D eigenvalue weighted by Crippen LogP contribution is 2.14. The Balaban J connectivity index is 1.92. The number of nitrogens with one attached hydrogen (secondary N) is 1. The summed E-state index contributed by atoms with van der Waals surface area (Å²) >= 11 is 5.88. The average Bonchev–Trinajstić information content (AvgIpc) is 2.67. The van der Waals surface area contributed by atoms with Crippen molar-refractivity contribution in [2.45, 2.75) is 32.9 Å². The quantitative estimate of drug-likeness (QED) is 0.719. The lowest BCUT2D eigenvalue weighted by atomic mass is 10.1. The van der Waals surface area contributed by atoms with Crippen LogP contribution in [0.25, 0.3) is 10.8 Å². The molecule has 0 unspecified atom stereocenters.